The van der Waals surface area contributed by atoms with Crippen molar-refractivity contribution in [2.45, 2.75) is 28.5 Å². The number of aromatic hydroxyl groups is 1. The molecule has 1 saturated carbocycles. The lowest BCUT2D eigenvalue weighted by molar-refractivity contribution is -0.138. The lowest BCUT2D eigenvalue weighted by atomic mass is 9.56. The van der Waals surface area contributed by atoms with E-state index in [2.05, 4.69) is 0 Å². The number of carbonyl (C=O) groups excluding carboxylic acids is 5. The highest BCUT2D eigenvalue weighted by molar-refractivity contribution is 6.53. The summed E-state index contributed by atoms with van der Waals surface area (Å²) < 4.78 is 14.7. The molecule has 3 aromatic carbocycles. The Balaban J connectivity index is 1.28. The van der Waals surface area contributed by atoms with Crippen LogP contribution in [0.15, 0.2) is 84.4 Å². The summed E-state index contributed by atoms with van der Waals surface area (Å²) in [5.41, 5.74) is 1.88. The first-order valence-electron chi connectivity index (χ1n) is 14.4. The molecule has 4 aliphatic rings. The molecule has 6 unspecified atom stereocenters. The fourth-order valence-corrected chi connectivity index (χ4v) is 8.61. The first-order chi connectivity index (χ1) is 21.4. The molecular weight excluding hydrogens is 622 g/mol. The Morgan fingerprint density at radius 3 is 2.22 bits per heavy atom. The molecule has 45 heavy (non-hydrogen) atoms. The highest BCUT2D eigenvalue weighted by Crippen LogP contribution is 2.65. The van der Waals surface area contributed by atoms with Crippen molar-refractivity contribution in [1.29, 1.82) is 0 Å². The van der Waals surface area contributed by atoms with Crippen molar-refractivity contribution < 1.29 is 33.5 Å². The Bertz CT molecular complexity index is 1860. The zero-order valence-electron chi connectivity index (χ0n) is 23.7. The Labute approximate surface area is 267 Å². The van der Waals surface area contributed by atoms with Crippen molar-refractivity contribution in [3.8, 4) is 5.75 Å². The van der Waals surface area contributed by atoms with E-state index in [0.717, 1.165) is 21.9 Å². The third-order valence-corrected chi connectivity index (χ3v) is 11.2. The minimum absolute atomic E-state index is 0.138. The van der Waals surface area contributed by atoms with Crippen LogP contribution in [0.3, 0.4) is 0 Å². The maximum absolute atomic E-state index is 14.7. The molecule has 3 fully saturated rings. The van der Waals surface area contributed by atoms with Crippen LogP contribution in [0.2, 0.25) is 0 Å². The molecule has 0 aromatic heterocycles. The average molecular weight is 647 g/mol. The molecule has 2 aliphatic heterocycles. The lowest BCUT2D eigenvalue weighted by Gasteiger charge is -2.50. The van der Waals surface area contributed by atoms with Gasteiger partial charge in [0.2, 0.25) is 11.8 Å². The molecule has 8 nitrogen and oxygen atoms in total. The minimum atomic E-state index is -2.05. The number of hydrogen-bond acceptors (Lipinski definition) is 6. The minimum Gasteiger partial charge on any atom is -0.505 e. The second-order valence-corrected chi connectivity index (χ2v) is 13.2. The molecule has 0 radical (unpaired) electrons. The van der Waals surface area contributed by atoms with Crippen LogP contribution >= 0.6 is 23.2 Å². The number of anilines is 1. The van der Waals surface area contributed by atoms with E-state index in [0.29, 0.717) is 16.7 Å². The number of benzene rings is 3. The number of rotatable bonds is 4. The number of fused-ring (bicyclic) bond motifs is 4. The number of phenols is 1. The van der Waals surface area contributed by atoms with Crippen molar-refractivity contribution in [3.05, 3.63) is 107 Å². The van der Waals surface area contributed by atoms with Crippen LogP contribution in [0.4, 0.5) is 10.1 Å². The summed E-state index contributed by atoms with van der Waals surface area (Å²) >= 11 is 14.2. The molecule has 3 aromatic rings. The summed E-state index contributed by atoms with van der Waals surface area (Å²) in [6, 6.07) is 18.5. The number of nitrogens with zero attached hydrogens (tertiary/aromatic N) is 2. The summed E-state index contributed by atoms with van der Waals surface area (Å²) in [4.78, 5) is 65.9. The van der Waals surface area contributed by atoms with Gasteiger partial charge in [0.05, 0.1) is 17.5 Å². The first kappa shape index (κ1) is 29.4. The van der Waals surface area contributed by atoms with Gasteiger partial charge in [-0.05, 0) is 60.7 Å². The Morgan fingerprint density at radius 2 is 1.56 bits per heavy atom. The van der Waals surface area contributed by atoms with E-state index in [1.807, 2.05) is 0 Å². The Hall–Kier alpha value is -4.34. The molecule has 7 rings (SSSR count). The van der Waals surface area contributed by atoms with Gasteiger partial charge in [-0.3, -0.25) is 33.8 Å². The van der Waals surface area contributed by atoms with Crippen LogP contribution in [-0.4, -0.2) is 56.2 Å². The van der Waals surface area contributed by atoms with Crippen molar-refractivity contribution >= 4 is 58.3 Å². The number of likely N-dealkylation sites (tertiary alicyclic amines) is 1. The third-order valence-electron chi connectivity index (χ3n) is 9.74. The third kappa shape index (κ3) is 3.93. The topological polar surface area (TPSA) is 112 Å². The number of allylic oxidation sites excluding steroid dienone is 2. The van der Waals surface area contributed by atoms with Gasteiger partial charge in [0.1, 0.15) is 0 Å². The normalized spacial score (nSPS) is 30.6. The highest BCUT2D eigenvalue weighted by atomic mass is 35.5. The SMILES string of the molecule is CN1C(=O)C2(Cl)CC3C(=CCC4C(=O)N(c5ccc(C(=O)c6ccccc6)cc5)C(=O)C43)C(c3ccc(O)c(F)c3)C2(Cl)C1=O. The molecular formula is C34H25Cl2FN2O6. The molecule has 1 N–H and O–H groups in total. The van der Waals surface area contributed by atoms with Crippen molar-refractivity contribution in [2.75, 3.05) is 11.9 Å². The summed E-state index contributed by atoms with van der Waals surface area (Å²) in [5, 5.41) is 9.86. The van der Waals surface area contributed by atoms with E-state index in [9.17, 15) is 33.5 Å². The van der Waals surface area contributed by atoms with Gasteiger partial charge in [0, 0.05) is 24.1 Å². The highest BCUT2D eigenvalue weighted by Gasteiger charge is 2.75. The number of carbonyl (C=O) groups is 5. The number of halogens is 3. The standard InChI is InChI=1S/C34H25Cl2FN2O6/c1-38-31(44)33(35)16-23-21(27(34(33,36)32(38)45)19-9-14-25(40)24(37)15-19)12-13-22-26(23)30(43)39(29(22)42)20-10-7-18(8-11-20)28(41)17-5-3-2-4-6-17/h2-12,14-15,22-23,26-27,40H,13,16H2,1H3. The van der Waals surface area contributed by atoms with Crippen molar-refractivity contribution in [3.63, 3.8) is 0 Å². The van der Waals surface area contributed by atoms with E-state index in [1.54, 1.807) is 60.7 Å². The van der Waals surface area contributed by atoms with Gasteiger partial charge in [0.15, 0.2) is 27.1 Å². The van der Waals surface area contributed by atoms with Gasteiger partial charge in [0.25, 0.3) is 11.8 Å². The largest absolute Gasteiger partial charge is 0.505 e. The number of amides is 4. The molecule has 4 amide bonds. The molecule has 228 valence electrons. The van der Waals surface area contributed by atoms with Gasteiger partial charge in [-0.25, -0.2) is 4.39 Å². The number of ketones is 1. The maximum atomic E-state index is 14.7. The molecule has 11 heteroatoms. The van der Waals surface area contributed by atoms with Gasteiger partial charge < -0.3 is 5.11 Å². The van der Waals surface area contributed by atoms with Crippen LogP contribution in [0, 0.1) is 23.6 Å². The number of hydrogen-bond donors (Lipinski definition) is 1. The number of phenolic OH excluding ortho intramolecular Hbond substituents is 1. The van der Waals surface area contributed by atoms with E-state index in [-0.39, 0.29) is 29.9 Å². The summed E-state index contributed by atoms with van der Waals surface area (Å²) in [6.45, 7) is 0. The van der Waals surface area contributed by atoms with Crippen molar-refractivity contribution in [1.82, 2.24) is 4.90 Å². The first-order valence-corrected chi connectivity index (χ1v) is 15.1. The van der Waals surface area contributed by atoms with Gasteiger partial charge in [-0.1, -0.05) is 48.0 Å². The van der Waals surface area contributed by atoms with Crippen LogP contribution in [0.5, 0.6) is 5.75 Å². The zero-order valence-corrected chi connectivity index (χ0v) is 25.3. The van der Waals surface area contributed by atoms with E-state index >= 15 is 0 Å². The molecule has 0 spiro atoms. The Kier molecular flexibility index (Phi) is 6.58. The number of alkyl halides is 2. The predicted molar refractivity (Wildman–Crippen MR) is 162 cm³/mol. The smallest absolute Gasteiger partial charge is 0.253 e. The molecule has 0 bridgehead atoms. The quantitative estimate of drug-likeness (QED) is 0.186. The average Bonchev–Trinajstić information content (AvgIpc) is 3.37. The Morgan fingerprint density at radius 1 is 0.889 bits per heavy atom. The molecule has 2 aliphatic carbocycles. The molecule has 2 saturated heterocycles. The fourth-order valence-electron chi connectivity index (χ4n) is 7.59. The summed E-state index contributed by atoms with van der Waals surface area (Å²) in [5.74, 6) is -7.85. The lowest BCUT2D eigenvalue weighted by Crippen LogP contribution is -2.60. The van der Waals surface area contributed by atoms with Gasteiger partial charge in [-0.15, -0.1) is 23.2 Å². The predicted octanol–water partition coefficient (Wildman–Crippen LogP) is 4.96. The molecule has 2 heterocycles. The van der Waals surface area contributed by atoms with E-state index in [4.69, 9.17) is 23.2 Å². The maximum Gasteiger partial charge on any atom is 0.253 e. The summed E-state index contributed by atoms with van der Waals surface area (Å²) in [7, 11) is 1.27. The number of imide groups is 2. The van der Waals surface area contributed by atoms with Gasteiger partial charge >= 0.3 is 0 Å². The van der Waals surface area contributed by atoms with Gasteiger partial charge in [-0.2, -0.15) is 0 Å². The van der Waals surface area contributed by atoms with Crippen LogP contribution < -0.4 is 4.90 Å². The molecule has 6 atom stereocenters. The van der Waals surface area contributed by atoms with Crippen molar-refractivity contribution in [2.24, 2.45) is 17.8 Å². The van der Waals surface area contributed by atoms with E-state index < -0.39 is 68.6 Å². The van der Waals surface area contributed by atoms with Crippen LogP contribution in [0.25, 0.3) is 0 Å². The summed E-state index contributed by atoms with van der Waals surface area (Å²) in [6.07, 6.45) is 1.68. The monoisotopic (exact) mass is 646 g/mol. The zero-order chi connectivity index (χ0) is 32.0. The van der Waals surface area contributed by atoms with E-state index in [1.165, 1.54) is 13.1 Å². The second kappa shape index (κ2) is 10.1. The fraction of sp³-hybridized carbons (Fsp3) is 0.265. The van der Waals surface area contributed by atoms with Crippen LogP contribution in [0.1, 0.15) is 40.2 Å². The second-order valence-electron chi connectivity index (χ2n) is 12.0. The van der Waals surface area contributed by atoms with Crippen LogP contribution in [-0.2, 0) is 19.2 Å².